The zero-order chi connectivity index (χ0) is 23.5. The van der Waals surface area contributed by atoms with Gasteiger partial charge in [0.05, 0.1) is 18.4 Å². The fraction of sp³-hybridized carbons (Fsp3) is 0.375. The van der Waals surface area contributed by atoms with Crippen LogP contribution in [0.2, 0.25) is 0 Å². The Morgan fingerprint density at radius 3 is 2.67 bits per heavy atom. The minimum Gasteiger partial charge on any atom is -0.462 e. The summed E-state index contributed by atoms with van der Waals surface area (Å²) < 4.78 is 15.8. The quantitative estimate of drug-likeness (QED) is 0.403. The van der Waals surface area contributed by atoms with E-state index < -0.39 is 11.9 Å². The number of hydrogen-bond acceptors (Lipinski definition) is 9. The highest BCUT2D eigenvalue weighted by Crippen LogP contribution is 2.29. The van der Waals surface area contributed by atoms with Crippen LogP contribution in [0.4, 0.5) is 5.82 Å². The fourth-order valence-electron chi connectivity index (χ4n) is 4.02. The van der Waals surface area contributed by atoms with Crippen molar-refractivity contribution in [1.29, 1.82) is 0 Å². The number of furan rings is 1. The van der Waals surface area contributed by atoms with E-state index >= 15 is 0 Å². The van der Waals surface area contributed by atoms with Gasteiger partial charge < -0.3 is 19.6 Å². The van der Waals surface area contributed by atoms with Crippen LogP contribution in [0.15, 0.2) is 22.6 Å². The van der Waals surface area contributed by atoms with E-state index in [0.717, 1.165) is 19.3 Å². The first kappa shape index (κ1) is 22.4. The second kappa shape index (κ2) is 9.40. The van der Waals surface area contributed by atoms with Gasteiger partial charge in [-0.15, -0.1) is 0 Å². The highest BCUT2D eigenvalue weighted by molar-refractivity contribution is 6.07. The van der Waals surface area contributed by atoms with Gasteiger partial charge in [0.15, 0.2) is 18.2 Å². The number of ether oxygens (including phenoxy) is 2. The van der Waals surface area contributed by atoms with E-state index in [0.29, 0.717) is 11.3 Å². The summed E-state index contributed by atoms with van der Waals surface area (Å²) in [7, 11) is 0. The van der Waals surface area contributed by atoms with Gasteiger partial charge in [-0.25, -0.2) is 9.78 Å². The smallest absolute Gasteiger partial charge is 0.342 e. The molecule has 0 unspecified atom stereocenters. The number of nitrogens with two attached hydrogens (primary N) is 1. The summed E-state index contributed by atoms with van der Waals surface area (Å²) in [5, 5.41) is 0.265. The van der Waals surface area contributed by atoms with E-state index in [9.17, 15) is 14.4 Å². The number of nitrogen functional groups attached to an aromatic ring is 1. The number of carbonyl (C=O) groups is 3. The molecule has 172 valence electrons. The molecule has 0 saturated heterocycles. The Morgan fingerprint density at radius 2 is 1.88 bits per heavy atom. The Hall–Kier alpha value is -3.75. The molecule has 1 aliphatic rings. The minimum atomic E-state index is -0.573. The average molecular weight is 451 g/mol. The molecule has 0 spiro atoms. The Bertz CT molecular complexity index is 1250. The molecule has 2 heterocycles. The van der Waals surface area contributed by atoms with Gasteiger partial charge >= 0.3 is 11.9 Å². The largest absolute Gasteiger partial charge is 0.462 e. The van der Waals surface area contributed by atoms with Crippen molar-refractivity contribution in [1.82, 2.24) is 9.97 Å². The van der Waals surface area contributed by atoms with Gasteiger partial charge in [-0.05, 0) is 50.3 Å². The lowest BCUT2D eigenvalue weighted by molar-refractivity contribution is -0.145. The van der Waals surface area contributed by atoms with Gasteiger partial charge in [-0.1, -0.05) is 12.1 Å². The van der Waals surface area contributed by atoms with Crippen molar-refractivity contribution in [2.45, 2.75) is 52.6 Å². The van der Waals surface area contributed by atoms with E-state index in [4.69, 9.17) is 19.6 Å². The van der Waals surface area contributed by atoms with Crippen LogP contribution in [-0.2, 0) is 33.7 Å². The maximum atomic E-state index is 12.5. The molecule has 0 atom stereocenters. The molecule has 4 rings (SSSR count). The van der Waals surface area contributed by atoms with Crippen molar-refractivity contribution >= 4 is 34.6 Å². The van der Waals surface area contributed by atoms with E-state index in [1.54, 1.807) is 13.8 Å². The Kier molecular flexibility index (Phi) is 6.39. The number of benzene rings is 1. The molecule has 0 fully saturated rings. The van der Waals surface area contributed by atoms with Gasteiger partial charge in [0.2, 0.25) is 5.71 Å². The number of rotatable bonds is 8. The molecule has 0 radical (unpaired) electrons. The third-order valence-corrected chi connectivity index (χ3v) is 5.62. The fourth-order valence-corrected chi connectivity index (χ4v) is 4.02. The van der Waals surface area contributed by atoms with E-state index in [2.05, 4.69) is 9.97 Å². The highest BCUT2D eigenvalue weighted by atomic mass is 16.5. The molecule has 2 N–H and O–H groups in total. The molecular weight excluding hydrogens is 426 g/mol. The number of hydrogen-bond donors (Lipinski definition) is 1. The van der Waals surface area contributed by atoms with Crippen LogP contribution < -0.4 is 5.73 Å². The van der Waals surface area contributed by atoms with E-state index in [-0.39, 0.29) is 60.1 Å². The van der Waals surface area contributed by atoms with Crippen LogP contribution in [0.5, 0.6) is 0 Å². The predicted molar refractivity (Wildman–Crippen MR) is 119 cm³/mol. The third kappa shape index (κ3) is 4.72. The van der Waals surface area contributed by atoms with Crippen molar-refractivity contribution in [3.8, 4) is 0 Å². The molecule has 3 aromatic rings. The number of esters is 2. The van der Waals surface area contributed by atoms with Gasteiger partial charge in [0.25, 0.3) is 0 Å². The lowest BCUT2D eigenvalue weighted by Gasteiger charge is -2.06. The number of fused-ring (bicyclic) bond motifs is 2. The van der Waals surface area contributed by atoms with Crippen LogP contribution in [0.3, 0.4) is 0 Å². The Balaban J connectivity index is 1.36. The zero-order valence-corrected chi connectivity index (χ0v) is 18.6. The van der Waals surface area contributed by atoms with Gasteiger partial charge in [-0.3, -0.25) is 9.59 Å². The SMILES string of the molecule is CCOC(=O)c1c(C)oc2nc(COC(=O)CCC(=O)c3ccc4c(c3)CCC4)nc(N)c12. The summed E-state index contributed by atoms with van der Waals surface area (Å²) in [4.78, 5) is 45.1. The molecule has 9 nitrogen and oxygen atoms in total. The first-order valence-corrected chi connectivity index (χ1v) is 10.9. The van der Waals surface area contributed by atoms with E-state index in [1.165, 1.54) is 11.1 Å². The van der Waals surface area contributed by atoms with Gasteiger partial charge in [0.1, 0.15) is 17.1 Å². The maximum Gasteiger partial charge on any atom is 0.342 e. The molecule has 33 heavy (non-hydrogen) atoms. The number of Topliss-reactive ketones (excluding diaryl/α,β-unsaturated/α-hetero) is 1. The lowest BCUT2D eigenvalue weighted by Crippen LogP contribution is -2.11. The van der Waals surface area contributed by atoms with Crippen molar-refractivity contribution in [2.24, 2.45) is 0 Å². The number of carbonyl (C=O) groups excluding carboxylic acids is 3. The molecular formula is C24H25N3O6. The molecule has 0 saturated carbocycles. The lowest BCUT2D eigenvalue weighted by atomic mass is 10.0. The normalized spacial score (nSPS) is 12.5. The summed E-state index contributed by atoms with van der Waals surface area (Å²) in [6.45, 7) is 3.27. The average Bonchev–Trinajstić information content (AvgIpc) is 3.39. The first-order chi connectivity index (χ1) is 15.9. The number of aromatic nitrogens is 2. The van der Waals surface area contributed by atoms with Gasteiger partial charge in [0, 0.05) is 12.0 Å². The summed E-state index contributed by atoms with van der Waals surface area (Å²) in [6, 6.07) is 5.74. The zero-order valence-electron chi connectivity index (χ0n) is 18.6. The standard InChI is InChI=1S/C24H25N3O6/c1-3-31-24(30)20-13(2)33-23-21(20)22(25)26-18(27-23)12-32-19(29)10-9-17(28)16-8-7-14-5-4-6-15(14)11-16/h7-8,11H,3-6,9-10,12H2,1-2H3,(H2,25,26,27). The molecule has 0 amide bonds. The molecule has 1 aliphatic carbocycles. The van der Waals surface area contributed by atoms with E-state index in [1.807, 2.05) is 18.2 Å². The third-order valence-electron chi connectivity index (χ3n) is 5.62. The molecule has 1 aromatic carbocycles. The van der Waals surface area contributed by atoms with Crippen LogP contribution in [-0.4, -0.2) is 34.3 Å². The molecule has 9 heteroatoms. The topological polar surface area (TPSA) is 135 Å². The molecule has 2 aromatic heterocycles. The number of nitrogens with zero attached hydrogens (tertiary/aromatic N) is 2. The second-order valence-electron chi connectivity index (χ2n) is 7.88. The van der Waals surface area contributed by atoms with Gasteiger partial charge in [-0.2, -0.15) is 4.98 Å². The minimum absolute atomic E-state index is 0.0257. The number of aryl methyl sites for hydroxylation is 3. The Morgan fingerprint density at radius 1 is 1.09 bits per heavy atom. The van der Waals surface area contributed by atoms with Crippen molar-refractivity contribution in [3.63, 3.8) is 0 Å². The van der Waals surface area contributed by atoms with Crippen LogP contribution in [0, 0.1) is 6.92 Å². The maximum absolute atomic E-state index is 12.5. The Labute approximate surface area is 190 Å². The van der Waals surface area contributed by atoms with Crippen molar-refractivity contribution in [3.05, 3.63) is 52.0 Å². The van der Waals surface area contributed by atoms with Crippen LogP contribution >= 0.6 is 0 Å². The molecule has 0 aliphatic heterocycles. The van der Waals surface area contributed by atoms with Crippen molar-refractivity contribution < 1.29 is 28.3 Å². The number of ketones is 1. The highest BCUT2D eigenvalue weighted by Gasteiger charge is 2.24. The summed E-state index contributed by atoms with van der Waals surface area (Å²) in [5.41, 5.74) is 9.43. The number of anilines is 1. The monoisotopic (exact) mass is 451 g/mol. The summed E-state index contributed by atoms with van der Waals surface area (Å²) in [5.74, 6) is -0.754. The summed E-state index contributed by atoms with van der Waals surface area (Å²) in [6.07, 6.45) is 3.15. The van der Waals surface area contributed by atoms with Crippen LogP contribution in [0.25, 0.3) is 11.1 Å². The summed E-state index contributed by atoms with van der Waals surface area (Å²) >= 11 is 0. The van der Waals surface area contributed by atoms with Crippen molar-refractivity contribution in [2.75, 3.05) is 12.3 Å². The molecule has 0 bridgehead atoms. The first-order valence-electron chi connectivity index (χ1n) is 10.9. The predicted octanol–water partition coefficient (Wildman–Crippen LogP) is 3.49. The second-order valence-corrected chi connectivity index (χ2v) is 7.88. The van der Waals surface area contributed by atoms with Crippen LogP contribution in [0.1, 0.15) is 69.6 Å².